The zero-order chi connectivity index (χ0) is 18.3. The van der Waals surface area contributed by atoms with Gasteiger partial charge in [0.2, 0.25) is 5.95 Å². The van der Waals surface area contributed by atoms with Crippen molar-refractivity contribution in [3.63, 3.8) is 0 Å². The van der Waals surface area contributed by atoms with Gasteiger partial charge in [0.05, 0.1) is 5.69 Å². The molecule has 2 aromatic heterocycles. The second kappa shape index (κ2) is 6.33. The van der Waals surface area contributed by atoms with Crippen LogP contribution < -0.4 is 5.32 Å². The summed E-state index contributed by atoms with van der Waals surface area (Å²) in [6, 6.07) is 17.1. The molecule has 26 heavy (non-hydrogen) atoms. The van der Waals surface area contributed by atoms with Crippen LogP contribution in [0.2, 0.25) is 0 Å². The predicted molar refractivity (Wildman–Crippen MR) is 107 cm³/mol. The largest absolute Gasteiger partial charge is 0.357 e. The molecule has 2 heterocycles. The summed E-state index contributed by atoms with van der Waals surface area (Å²) in [4.78, 5) is 0. The van der Waals surface area contributed by atoms with E-state index in [-0.39, 0.29) is 0 Å². The molecule has 5 heteroatoms. The lowest BCUT2D eigenvalue weighted by Gasteiger charge is -2.12. The number of fused-ring (bicyclic) bond motifs is 1. The number of hydrogen-bond acceptors (Lipinski definition) is 3. The standard InChI is InChI=1S/C21H23N5/c1-14(2)15-6-5-7-17(12-15)20-23-24-21(22-3)26(20)18-8-9-19-16(13-18)10-11-25(19)4/h5-14H,1-4H3,(H,22,24). The van der Waals surface area contributed by atoms with Crippen molar-refractivity contribution < 1.29 is 0 Å². The molecule has 0 radical (unpaired) electrons. The minimum absolute atomic E-state index is 0.468. The zero-order valence-corrected chi connectivity index (χ0v) is 15.6. The Balaban J connectivity index is 1.90. The summed E-state index contributed by atoms with van der Waals surface area (Å²) in [6.45, 7) is 4.40. The number of aromatic nitrogens is 4. The van der Waals surface area contributed by atoms with Gasteiger partial charge in [-0.2, -0.15) is 0 Å². The molecule has 0 bridgehead atoms. The fourth-order valence-corrected chi connectivity index (χ4v) is 3.32. The van der Waals surface area contributed by atoms with E-state index in [0.717, 1.165) is 23.0 Å². The van der Waals surface area contributed by atoms with Gasteiger partial charge in [-0.15, -0.1) is 10.2 Å². The summed E-state index contributed by atoms with van der Waals surface area (Å²) >= 11 is 0. The quantitative estimate of drug-likeness (QED) is 0.588. The van der Waals surface area contributed by atoms with Gasteiger partial charge in [-0.05, 0) is 41.8 Å². The third-order valence-electron chi connectivity index (χ3n) is 4.83. The number of nitrogens with one attached hydrogen (secondary N) is 1. The first-order chi connectivity index (χ1) is 12.6. The monoisotopic (exact) mass is 345 g/mol. The Morgan fingerprint density at radius 1 is 1.00 bits per heavy atom. The van der Waals surface area contributed by atoms with Crippen molar-refractivity contribution >= 4 is 16.9 Å². The maximum Gasteiger partial charge on any atom is 0.229 e. The van der Waals surface area contributed by atoms with Crippen LogP contribution in [0.1, 0.15) is 25.3 Å². The van der Waals surface area contributed by atoms with Crippen LogP contribution in [-0.4, -0.2) is 26.4 Å². The van der Waals surface area contributed by atoms with E-state index in [9.17, 15) is 0 Å². The maximum absolute atomic E-state index is 4.46. The molecule has 0 saturated heterocycles. The van der Waals surface area contributed by atoms with Crippen LogP contribution in [0.25, 0.3) is 28.0 Å². The Bertz CT molecular complexity index is 1070. The van der Waals surface area contributed by atoms with Crippen molar-refractivity contribution in [1.82, 2.24) is 19.3 Å². The first-order valence-electron chi connectivity index (χ1n) is 8.87. The molecule has 0 fully saturated rings. The van der Waals surface area contributed by atoms with Crippen molar-refractivity contribution in [1.29, 1.82) is 0 Å². The zero-order valence-electron chi connectivity index (χ0n) is 15.6. The van der Waals surface area contributed by atoms with Gasteiger partial charge < -0.3 is 9.88 Å². The van der Waals surface area contributed by atoms with Gasteiger partial charge in [-0.1, -0.05) is 32.0 Å². The Labute approximate surface area is 153 Å². The number of aryl methyl sites for hydroxylation is 1. The lowest BCUT2D eigenvalue weighted by atomic mass is 10.0. The molecular weight excluding hydrogens is 322 g/mol. The van der Waals surface area contributed by atoms with Crippen molar-refractivity contribution in [2.75, 3.05) is 12.4 Å². The normalized spacial score (nSPS) is 11.4. The van der Waals surface area contributed by atoms with Gasteiger partial charge in [0.15, 0.2) is 5.82 Å². The Morgan fingerprint density at radius 2 is 1.85 bits per heavy atom. The highest BCUT2D eigenvalue weighted by Gasteiger charge is 2.16. The van der Waals surface area contributed by atoms with Crippen LogP contribution in [-0.2, 0) is 7.05 Å². The van der Waals surface area contributed by atoms with Gasteiger partial charge >= 0.3 is 0 Å². The van der Waals surface area contributed by atoms with Gasteiger partial charge in [0, 0.05) is 36.8 Å². The van der Waals surface area contributed by atoms with Gasteiger partial charge in [-0.3, -0.25) is 4.57 Å². The van der Waals surface area contributed by atoms with E-state index in [4.69, 9.17) is 0 Å². The summed E-state index contributed by atoms with van der Waals surface area (Å²) in [7, 11) is 3.93. The fourth-order valence-electron chi connectivity index (χ4n) is 3.32. The molecule has 0 aliphatic heterocycles. The van der Waals surface area contributed by atoms with Gasteiger partial charge in [0.1, 0.15) is 0 Å². The molecule has 0 saturated carbocycles. The first kappa shape index (κ1) is 16.4. The van der Waals surface area contributed by atoms with Crippen LogP contribution in [0.4, 0.5) is 5.95 Å². The number of benzene rings is 2. The summed E-state index contributed by atoms with van der Waals surface area (Å²) in [5.74, 6) is 2.04. The van der Waals surface area contributed by atoms with Crippen LogP contribution in [0.15, 0.2) is 54.7 Å². The molecule has 4 aromatic rings. The third-order valence-corrected chi connectivity index (χ3v) is 4.83. The van der Waals surface area contributed by atoms with Crippen molar-refractivity contribution in [3.05, 3.63) is 60.3 Å². The minimum Gasteiger partial charge on any atom is -0.357 e. The topological polar surface area (TPSA) is 47.7 Å². The molecule has 2 aromatic carbocycles. The molecule has 1 N–H and O–H groups in total. The Kier molecular flexibility index (Phi) is 3.99. The second-order valence-corrected chi connectivity index (χ2v) is 6.88. The van der Waals surface area contributed by atoms with Crippen LogP contribution in [0.5, 0.6) is 0 Å². The van der Waals surface area contributed by atoms with E-state index >= 15 is 0 Å². The molecular formula is C21H23N5. The summed E-state index contributed by atoms with van der Waals surface area (Å²) in [6.07, 6.45) is 2.08. The second-order valence-electron chi connectivity index (χ2n) is 6.88. The van der Waals surface area contributed by atoms with Crippen molar-refractivity contribution in [2.24, 2.45) is 7.05 Å². The van der Waals surface area contributed by atoms with Crippen LogP contribution >= 0.6 is 0 Å². The van der Waals surface area contributed by atoms with E-state index in [1.54, 1.807) is 0 Å². The molecule has 0 aliphatic rings. The summed E-state index contributed by atoms with van der Waals surface area (Å²) < 4.78 is 4.20. The molecule has 0 atom stereocenters. The predicted octanol–water partition coefficient (Wildman–Crippen LogP) is 4.59. The maximum atomic E-state index is 4.46. The van der Waals surface area contributed by atoms with E-state index in [2.05, 4.69) is 100 Å². The highest BCUT2D eigenvalue weighted by Crippen LogP contribution is 2.29. The van der Waals surface area contributed by atoms with Crippen LogP contribution in [0.3, 0.4) is 0 Å². The fraction of sp³-hybridized carbons (Fsp3) is 0.238. The molecule has 0 aliphatic carbocycles. The summed E-state index contributed by atoms with van der Waals surface area (Å²) in [5.41, 5.74) is 4.61. The third kappa shape index (κ3) is 2.65. The average Bonchev–Trinajstić information content (AvgIpc) is 3.25. The summed E-state index contributed by atoms with van der Waals surface area (Å²) in [5, 5.41) is 13.2. The van der Waals surface area contributed by atoms with Gasteiger partial charge in [0.25, 0.3) is 0 Å². The molecule has 5 nitrogen and oxygen atoms in total. The first-order valence-corrected chi connectivity index (χ1v) is 8.87. The number of nitrogens with zero attached hydrogens (tertiary/aromatic N) is 4. The highest BCUT2D eigenvalue weighted by atomic mass is 15.3. The molecule has 0 spiro atoms. The van der Waals surface area contributed by atoms with Crippen molar-refractivity contribution in [2.45, 2.75) is 19.8 Å². The van der Waals surface area contributed by atoms with Crippen molar-refractivity contribution in [3.8, 4) is 17.1 Å². The lowest BCUT2D eigenvalue weighted by Crippen LogP contribution is -2.03. The van der Waals surface area contributed by atoms with Gasteiger partial charge in [-0.25, -0.2) is 0 Å². The Morgan fingerprint density at radius 3 is 2.62 bits per heavy atom. The number of hydrogen-bond donors (Lipinski definition) is 1. The molecule has 132 valence electrons. The van der Waals surface area contributed by atoms with E-state index in [0.29, 0.717) is 5.92 Å². The minimum atomic E-state index is 0.468. The molecule has 0 unspecified atom stereocenters. The highest BCUT2D eigenvalue weighted by molar-refractivity contribution is 5.83. The Hall–Kier alpha value is -3.08. The number of rotatable bonds is 4. The smallest absolute Gasteiger partial charge is 0.229 e. The molecule has 4 rings (SSSR count). The number of anilines is 1. The van der Waals surface area contributed by atoms with E-state index in [1.165, 1.54) is 16.5 Å². The average molecular weight is 345 g/mol. The van der Waals surface area contributed by atoms with E-state index in [1.807, 2.05) is 7.05 Å². The van der Waals surface area contributed by atoms with Crippen LogP contribution in [0, 0.1) is 0 Å². The SMILES string of the molecule is CNc1nnc(-c2cccc(C(C)C)c2)n1-c1ccc2c(ccn2C)c1. The lowest BCUT2D eigenvalue weighted by molar-refractivity contribution is 0.866. The molecule has 0 amide bonds. The van der Waals surface area contributed by atoms with E-state index < -0.39 is 0 Å².